The lowest BCUT2D eigenvalue weighted by Gasteiger charge is -2.39. The Labute approximate surface area is 282 Å². The predicted octanol–water partition coefficient (Wildman–Crippen LogP) is 6.48. The first-order valence-corrected chi connectivity index (χ1v) is 17.3. The van der Waals surface area contributed by atoms with Crippen LogP contribution in [0.2, 0.25) is 0 Å². The molecule has 2 aliphatic heterocycles. The molecule has 0 spiro atoms. The Morgan fingerprint density at radius 2 is 1.05 bits per heavy atom. The second-order valence-corrected chi connectivity index (χ2v) is 14.8. The zero-order valence-corrected chi connectivity index (χ0v) is 30.3. The van der Waals surface area contributed by atoms with Gasteiger partial charge in [-0.1, -0.05) is 41.8 Å². The average Bonchev–Trinajstić information content (AvgIpc) is 2.91. The molecule has 0 aromatic heterocycles. The molecule has 0 aromatic carbocycles. The predicted molar refractivity (Wildman–Crippen MR) is 181 cm³/mol. The van der Waals surface area contributed by atoms with Gasteiger partial charge in [-0.05, 0) is 81.1 Å². The second-order valence-electron chi connectivity index (χ2n) is 12.9. The Bertz CT molecular complexity index is 962. The number of ether oxygens (including phenoxy) is 4. The maximum absolute atomic E-state index is 12.4. The number of hydrogen-bond donors (Lipinski definition) is 0. The number of thioether (sulfide) groups is 1. The van der Waals surface area contributed by atoms with Gasteiger partial charge in [0.15, 0.2) is 5.12 Å². The van der Waals surface area contributed by atoms with Crippen LogP contribution in [0.3, 0.4) is 0 Å². The van der Waals surface area contributed by atoms with E-state index >= 15 is 0 Å². The van der Waals surface area contributed by atoms with E-state index in [9.17, 15) is 24.0 Å². The van der Waals surface area contributed by atoms with Crippen LogP contribution in [-0.4, -0.2) is 99.8 Å². The zero-order chi connectivity index (χ0) is 33.1. The third kappa shape index (κ3) is 13.7. The molecule has 0 atom stereocenters. The number of nitrogens with zero attached hydrogens (tertiary/aromatic N) is 2. The normalized spacial score (nSPS) is 17.6. The molecular weight excluding hydrogens is 703 g/mol. The van der Waals surface area contributed by atoms with Crippen LogP contribution in [0.15, 0.2) is 0 Å². The molecule has 2 saturated heterocycles. The smallest absolute Gasteiger partial charge is 0.410 e. The summed E-state index contributed by atoms with van der Waals surface area (Å²) in [5, 5.41) is -0.0248. The molecule has 2 rings (SSSR count). The first-order chi connectivity index (χ1) is 19.8. The van der Waals surface area contributed by atoms with Gasteiger partial charge < -0.3 is 28.7 Å². The average molecular weight is 759 g/mol. The number of piperidine rings is 2. The van der Waals surface area contributed by atoms with Crippen molar-refractivity contribution in [3.8, 4) is 0 Å². The van der Waals surface area contributed by atoms with E-state index in [2.05, 4.69) is 22.6 Å². The molecule has 256 valence electrons. The van der Waals surface area contributed by atoms with Crippen molar-refractivity contribution >= 4 is 63.6 Å². The van der Waals surface area contributed by atoms with Gasteiger partial charge in [-0.15, -0.1) is 0 Å². The van der Waals surface area contributed by atoms with E-state index in [4.69, 9.17) is 18.9 Å². The van der Waals surface area contributed by atoms with Crippen LogP contribution in [0.1, 0.15) is 95.4 Å². The topological polar surface area (TPSA) is 129 Å². The van der Waals surface area contributed by atoms with E-state index in [0.717, 1.165) is 11.8 Å². The molecule has 0 saturated carbocycles. The highest BCUT2D eigenvalue weighted by Crippen LogP contribution is 2.37. The maximum Gasteiger partial charge on any atom is 0.410 e. The summed E-state index contributed by atoms with van der Waals surface area (Å²) in [5.74, 6) is -0.0283. The summed E-state index contributed by atoms with van der Waals surface area (Å²) in [6.45, 7) is 18.7. The van der Waals surface area contributed by atoms with Crippen molar-refractivity contribution in [1.82, 2.24) is 9.80 Å². The third-order valence-corrected chi connectivity index (χ3v) is 9.53. The monoisotopic (exact) mass is 758 g/mol. The largest absolute Gasteiger partial charge is 0.466 e. The Balaban J connectivity index is 0.000000829. The van der Waals surface area contributed by atoms with Gasteiger partial charge >= 0.3 is 24.1 Å². The van der Waals surface area contributed by atoms with Crippen molar-refractivity contribution in [2.75, 3.05) is 49.6 Å². The van der Waals surface area contributed by atoms with Crippen molar-refractivity contribution in [2.24, 2.45) is 10.8 Å². The van der Waals surface area contributed by atoms with E-state index in [1.54, 1.807) is 16.7 Å². The minimum atomic E-state index is -0.704. The lowest BCUT2D eigenvalue weighted by Crippen LogP contribution is -2.49. The van der Waals surface area contributed by atoms with Crippen LogP contribution < -0.4 is 0 Å². The molecule has 2 aliphatic rings. The van der Waals surface area contributed by atoms with Crippen molar-refractivity contribution in [2.45, 2.75) is 107 Å². The van der Waals surface area contributed by atoms with Gasteiger partial charge in [0.25, 0.3) is 0 Å². The second kappa shape index (κ2) is 18.4. The molecule has 0 N–H and O–H groups in total. The summed E-state index contributed by atoms with van der Waals surface area (Å²) < 4.78 is 21.8. The lowest BCUT2D eigenvalue weighted by molar-refractivity contribution is -0.157. The summed E-state index contributed by atoms with van der Waals surface area (Å²) in [7, 11) is 0. The molecule has 0 bridgehead atoms. The molecule has 0 radical (unpaired) electrons. The number of carbonyl (C=O) groups is 5. The number of likely N-dealkylation sites (tertiary alicyclic amines) is 2. The van der Waals surface area contributed by atoms with Crippen LogP contribution >= 0.6 is 34.4 Å². The summed E-state index contributed by atoms with van der Waals surface area (Å²) >= 11 is 3.36. The summed E-state index contributed by atoms with van der Waals surface area (Å²) in [4.78, 5) is 63.1. The standard InChI is InChI=1S/C16H27NO5S.C14H24INO4.CH4/c1-6-21-13(19)16(11-23-12(2)18)7-9-17(10-8-16)14(20)22-15(3,4)5;1-5-19-11(17)14(10-15)6-8-16(9-7-14)12(18)20-13(2,3)4;/h6-11H2,1-5H3;5-10H2,1-4H3;1H4. The Morgan fingerprint density at radius 3 is 1.34 bits per heavy atom. The Hall–Kier alpha value is -1.77. The highest BCUT2D eigenvalue weighted by molar-refractivity contribution is 14.1. The van der Waals surface area contributed by atoms with Gasteiger partial charge in [0, 0.05) is 43.3 Å². The quantitative estimate of drug-likeness (QED) is 0.123. The molecule has 0 aromatic rings. The molecule has 2 amide bonds. The van der Waals surface area contributed by atoms with Crippen molar-refractivity contribution in [3.63, 3.8) is 0 Å². The van der Waals surface area contributed by atoms with Gasteiger partial charge in [0.2, 0.25) is 0 Å². The Kier molecular flexibility index (Phi) is 17.7. The maximum atomic E-state index is 12.4. The van der Waals surface area contributed by atoms with Crippen LogP contribution in [0.5, 0.6) is 0 Å². The number of carbonyl (C=O) groups excluding carboxylic acids is 5. The van der Waals surface area contributed by atoms with Gasteiger partial charge in [0.1, 0.15) is 11.2 Å². The highest BCUT2D eigenvalue weighted by Gasteiger charge is 2.45. The van der Waals surface area contributed by atoms with Crippen molar-refractivity contribution in [1.29, 1.82) is 0 Å². The van der Waals surface area contributed by atoms with Crippen LogP contribution in [0, 0.1) is 10.8 Å². The number of hydrogen-bond acceptors (Lipinski definition) is 10. The Morgan fingerprint density at radius 1 is 0.705 bits per heavy atom. The number of rotatable bonds is 7. The zero-order valence-electron chi connectivity index (χ0n) is 27.3. The number of esters is 2. The fourth-order valence-corrected chi connectivity index (χ4v) is 6.46. The minimum Gasteiger partial charge on any atom is -0.466 e. The highest BCUT2D eigenvalue weighted by atomic mass is 127. The van der Waals surface area contributed by atoms with Crippen LogP contribution in [0.4, 0.5) is 9.59 Å². The number of amides is 2. The minimum absolute atomic E-state index is 0. The summed E-state index contributed by atoms with van der Waals surface area (Å²) in [6.07, 6.45) is 1.55. The molecular formula is C31H55IN2O9S. The molecule has 0 unspecified atom stereocenters. The molecule has 13 heteroatoms. The van der Waals surface area contributed by atoms with Gasteiger partial charge in [0.05, 0.1) is 24.0 Å². The molecule has 2 fully saturated rings. The first-order valence-electron chi connectivity index (χ1n) is 14.8. The molecule has 2 heterocycles. The van der Waals surface area contributed by atoms with Gasteiger partial charge in [-0.25, -0.2) is 9.59 Å². The van der Waals surface area contributed by atoms with E-state index in [-0.39, 0.29) is 36.7 Å². The van der Waals surface area contributed by atoms with E-state index in [1.165, 1.54) is 6.92 Å². The van der Waals surface area contributed by atoms with Crippen molar-refractivity contribution in [3.05, 3.63) is 0 Å². The third-order valence-electron chi connectivity index (χ3n) is 6.97. The van der Waals surface area contributed by atoms with Crippen molar-refractivity contribution < 1.29 is 42.9 Å². The molecule has 0 aliphatic carbocycles. The van der Waals surface area contributed by atoms with Gasteiger partial charge in [-0.2, -0.15) is 0 Å². The fraction of sp³-hybridized carbons (Fsp3) is 0.839. The SMILES string of the molecule is C.CCOC(=O)C1(CI)CCN(C(=O)OC(C)(C)C)CC1.CCOC(=O)C1(CSC(C)=O)CCN(C(=O)OC(C)(C)C)CC1. The number of halogens is 1. The van der Waals surface area contributed by atoms with Crippen LogP contribution in [-0.2, 0) is 33.3 Å². The molecule has 44 heavy (non-hydrogen) atoms. The first kappa shape index (κ1) is 42.2. The van der Waals surface area contributed by atoms with E-state index in [0.29, 0.717) is 75.3 Å². The van der Waals surface area contributed by atoms with Crippen LogP contribution in [0.25, 0.3) is 0 Å². The lowest BCUT2D eigenvalue weighted by atomic mass is 9.80. The van der Waals surface area contributed by atoms with Gasteiger partial charge in [-0.3, -0.25) is 14.4 Å². The van der Waals surface area contributed by atoms with E-state index < -0.39 is 22.0 Å². The number of alkyl halides is 1. The fourth-order valence-electron chi connectivity index (χ4n) is 4.50. The van der Waals surface area contributed by atoms with E-state index in [1.807, 2.05) is 48.5 Å². The summed E-state index contributed by atoms with van der Waals surface area (Å²) in [6, 6.07) is 0. The summed E-state index contributed by atoms with van der Waals surface area (Å²) in [5.41, 5.74) is -2.19. The molecule has 11 nitrogen and oxygen atoms in total.